The molecule has 2 aromatic heterocycles. The summed E-state index contributed by atoms with van der Waals surface area (Å²) in [4.78, 5) is 46.6. The maximum atomic E-state index is 14.7. The first-order chi connectivity index (χ1) is 18.0. The topological polar surface area (TPSA) is 121 Å². The van der Waals surface area contributed by atoms with Crippen molar-refractivity contribution in [2.45, 2.75) is 19.6 Å². The third-order valence-corrected chi connectivity index (χ3v) is 5.52. The van der Waals surface area contributed by atoms with E-state index in [0.717, 1.165) is 29.8 Å². The summed E-state index contributed by atoms with van der Waals surface area (Å²) in [6, 6.07) is 2.00. The molecule has 1 N–H and O–H groups in total. The van der Waals surface area contributed by atoms with Crippen molar-refractivity contribution in [1.29, 1.82) is 0 Å². The van der Waals surface area contributed by atoms with Gasteiger partial charge in [-0.15, -0.1) is 5.92 Å². The van der Waals surface area contributed by atoms with E-state index in [4.69, 9.17) is 4.74 Å². The van der Waals surface area contributed by atoms with Crippen LogP contribution >= 0.6 is 0 Å². The highest BCUT2D eigenvalue weighted by atomic mass is 19.4. The number of imidazole rings is 1. The van der Waals surface area contributed by atoms with Crippen LogP contribution in [0.5, 0.6) is 11.8 Å². The molecule has 1 saturated heterocycles. The predicted molar refractivity (Wildman–Crippen MR) is 124 cm³/mol. The fraction of sp³-hybridized carbons (Fsp3) is 0.348. The molecule has 1 aliphatic rings. The van der Waals surface area contributed by atoms with Gasteiger partial charge in [0.05, 0.1) is 12.1 Å². The number of carbonyl (C=O) groups excluding carboxylic acids is 2. The Bertz CT molecular complexity index is 1530. The van der Waals surface area contributed by atoms with Gasteiger partial charge >= 0.3 is 24.1 Å². The molecule has 11 nitrogen and oxygen atoms in total. The van der Waals surface area contributed by atoms with Crippen molar-refractivity contribution in [2.24, 2.45) is 7.05 Å². The molecular weight excluding hydrogens is 516 g/mol. The highest BCUT2D eigenvalue weighted by molar-refractivity contribution is 5.98. The molecule has 0 radical (unpaired) electrons. The SMILES string of the molecule is CC#CCn1c(N2CCNCC2)nc2nc(Oc3ccc(C(=O)OC(=O)C(F)(F)F)cc3F)n(C)c(=O)c21. The molecule has 200 valence electrons. The molecule has 1 aliphatic heterocycles. The standard InChI is InChI=1S/C23H20F4N6O5/c1-3-4-9-33-16-17(29-21(33)32-10-7-28-8-11-32)30-22(31(2)18(16)34)37-15-6-5-13(12-14(15)24)19(35)38-20(36)23(25,26)27/h5-6,12,28H,7-11H2,1-2H3. The number of benzene rings is 1. The molecule has 1 fully saturated rings. The number of fused-ring (bicyclic) bond motifs is 1. The van der Waals surface area contributed by atoms with Crippen molar-refractivity contribution in [3.8, 4) is 23.6 Å². The number of halogens is 4. The molecule has 4 rings (SSSR count). The van der Waals surface area contributed by atoms with Crippen molar-refractivity contribution < 1.29 is 36.6 Å². The molecule has 0 unspecified atom stereocenters. The van der Waals surface area contributed by atoms with E-state index in [1.54, 1.807) is 11.5 Å². The largest absolute Gasteiger partial charge is 0.491 e. The average molecular weight is 536 g/mol. The summed E-state index contributed by atoms with van der Waals surface area (Å²) >= 11 is 0. The number of hydrogen-bond donors (Lipinski definition) is 1. The Morgan fingerprint density at radius 1 is 1.18 bits per heavy atom. The highest BCUT2D eigenvalue weighted by Gasteiger charge is 2.42. The molecule has 0 saturated carbocycles. The van der Waals surface area contributed by atoms with Gasteiger partial charge in [0.1, 0.15) is 0 Å². The van der Waals surface area contributed by atoms with Gasteiger partial charge in [0.2, 0.25) is 5.95 Å². The molecule has 0 atom stereocenters. The van der Waals surface area contributed by atoms with Crippen LogP contribution in [-0.4, -0.2) is 63.4 Å². The second kappa shape index (κ2) is 10.5. The van der Waals surface area contributed by atoms with E-state index in [2.05, 4.69) is 31.9 Å². The lowest BCUT2D eigenvalue weighted by Crippen LogP contribution is -2.44. The smallest absolute Gasteiger partial charge is 0.422 e. The van der Waals surface area contributed by atoms with Gasteiger partial charge in [-0.1, -0.05) is 5.92 Å². The average Bonchev–Trinajstić information content (AvgIpc) is 3.25. The summed E-state index contributed by atoms with van der Waals surface area (Å²) in [6.07, 6.45) is -5.40. The Balaban J connectivity index is 1.67. The molecular formula is C23H20F4N6O5. The Kier molecular flexibility index (Phi) is 7.35. The summed E-state index contributed by atoms with van der Waals surface area (Å²) < 4.78 is 63.4. The number of anilines is 1. The normalized spacial score (nSPS) is 13.7. The van der Waals surface area contributed by atoms with Gasteiger partial charge in [0, 0.05) is 33.2 Å². The number of esters is 2. The van der Waals surface area contributed by atoms with Crippen LogP contribution in [0.3, 0.4) is 0 Å². The second-order valence-corrected chi connectivity index (χ2v) is 8.01. The maximum Gasteiger partial charge on any atom is 0.491 e. The minimum Gasteiger partial charge on any atom is -0.422 e. The van der Waals surface area contributed by atoms with E-state index in [9.17, 15) is 31.9 Å². The number of alkyl halides is 3. The summed E-state index contributed by atoms with van der Waals surface area (Å²) in [5.41, 5.74) is -0.992. The van der Waals surface area contributed by atoms with Crippen molar-refractivity contribution in [3.05, 3.63) is 39.9 Å². The van der Waals surface area contributed by atoms with Crippen LogP contribution in [0.2, 0.25) is 0 Å². The van der Waals surface area contributed by atoms with E-state index < -0.39 is 40.8 Å². The zero-order valence-corrected chi connectivity index (χ0v) is 20.1. The molecule has 0 bridgehead atoms. The van der Waals surface area contributed by atoms with Gasteiger partial charge in [0.15, 0.2) is 22.7 Å². The van der Waals surface area contributed by atoms with Crippen LogP contribution in [0.1, 0.15) is 17.3 Å². The van der Waals surface area contributed by atoms with E-state index in [1.165, 1.54) is 7.05 Å². The molecule has 38 heavy (non-hydrogen) atoms. The zero-order chi connectivity index (χ0) is 27.6. The van der Waals surface area contributed by atoms with Gasteiger partial charge in [-0.05, 0) is 25.1 Å². The molecule has 3 heterocycles. The maximum absolute atomic E-state index is 14.7. The van der Waals surface area contributed by atoms with E-state index in [1.807, 2.05) is 4.90 Å². The fourth-order valence-corrected chi connectivity index (χ4v) is 3.64. The lowest BCUT2D eigenvalue weighted by atomic mass is 10.2. The third kappa shape index (κ3) is 5.30. The van der Waals surface area contributed by atoms with Gasteiger partial charge < -0.3 is 19.7 Å². The van der Waals surface area contributed by atoms with Gasteiger partial charge in [-0.2, -0.15) is 23.1 Å². The monoisotopic (exact) mass is 536 g/mol. The minimum absolute atomic E-state index is 0.0424. The fourth-order valence-electron chi connectivity index (χ4n) is 3.64. The van der Waals surface area contributed by atoms with E-state index in [0.29, 0.717) is 25.1 Å². The number of ether oxygens (including phenoxy) is 2. The van der Waals surface area contributed by atoms with Gasteiger partial charge in [0.25, 0.3) is 5.56 Å². The number of nitrogens with zero attached hydrogens (tertiary/aromatic N) is 5. The first-order valence-electron chi connectivity index (χ1n) is 11.1. The highest BCUT2D eigenvalue weighted by Crippen LogP contribution is 2.27. The van der Waals surface area contributed by atoms with Crippen LogP contribution in [0.4, 0.5) is 23.5 Å². The van der Waals surface area contributed by atoms with Crippen molar-refractivity contribution in [2.75, 3.05) is 31.1 Å². The van der Waals surface area contributed by atoms with Crippen LogP contribution in [0.25, 0.3) is 11.2 Å². The van der Waals surface area contributed by atoms with Gasteiger partial charge in [-0.25, -0.2) is 14.0 Å². The lowest BCUT2D eigenvalue weighted by molar-refractivity contribution is -0.193. The first-order valence-corrected chi connectivity index (χ1v) is 11.1. The summed E-state index contributed by atoms with van der Waals surface area (Å²) in [5, 5.41) is 3.23. The molecule has 0 aliphatic carbocycles. The number of carbonyl (C=O) groups is 2. The molecule has 0 spiro atoms. The van der Waals surface area contributed by atoms with Crippen LogP contribution in [-0.2, 0) is 23.1 Å². The number of rotatable bonds is 5. The Morgan fingerprint density at radius 2 is 1.89 bits per heavy atom. The van der Waals surface area contributed by atoms with Crippen LogP contribution in [0.15, 0.2) is 23.0 Å². The van der Waals surface area contributed by atoms with Crippen molar-refractivity contribution >= 4 is 29.1 Å². The number of nitrogens with one attached hydrogen (secondary N) is 1. The molecule has 0 amide bonds. The van der Waals surface area contributed by atoms with E-state index in [-0.39, 0.29) is 23.7 Å². The quantitative estimate of drug-likeness (QED) is 0.225. The van der Waals surface area contributed by atoms with Crippen molar-refractivity contribution in [1.82, 2.24) is 24.4 Å². The number of aromatic nitrogens is 4. The predicted octanol–water partition coefficient (Wildman–Crippen LogP) is 1.74. The summed E-state index contributed by atoms with van der Waals surface area (Å²) in [6.45, 7) is 4.57. The van der Waals surface area contributed by atoms with Crippen LogP contribution in [0, 0.1) is 17.7 Å². The minimum atomic E-state index is -5.40. The van der Waals surface area contributed by atoms with Gasteiger partial charge in [-0.3, -0.25) is 13.9 Å². The first kappa shape index (κ1) is 26.6. The molecule has 15 heteroatoms. The third-order valence-electron chi connectivity index (χ3n) is 5.52. The zero-order valence-electron chi connectivity index (χ0n) is 20.1. The number of hydrogen-bond acceptors (Lipinski definition) is 9. The van der Waals surface area contributed by atoms with Crippen molar-refractivity contribution in [3.63, 3.8) is 0 Å². The Morgan fingerprint density at radius 3 is 2.53 bits per heavy atom. The second-order valence-electron chi connectivity index (χ2n) is 8.01. The summed E-state index contributed by atoms with van der Waals surface area (Å²) in [7, 11) is 1.35. The Hall–Kier alpha value is -4.45. The van der Waals surface area contributed by atoms with Crippen LogP contribution < -0.4 is 20.5 Å². The van der Waals surface area contributed by atoms with E-state index >= 15 is 0 Å². The lowest BCUT2D eigenvalue weighted by Gasteiger charge is -2.28. The molecule has 1 aromatic carbocycles. The Labute approximate surface area is 212 Å². The number of piperazine rings is 1. The summed E-state index contributed by atoms with van der Waals surface area (Å²) in [5.74, 6) is 0.0780. The molecule has 3 aromatic rings.